The number of nitrogen functional groups attached to an aromatic ring is 1. The van der Waals surface area contributed by atoms with Crippen LogP contribution in [0.15, 0.2) is 30.5 Å². The Hall–Kier alpha value is -2.67. The van der Waals surface area contributed by atoms with Crippen molar-refractivity contribution in [3.63, 3.8) is 0 Å². The lowest BCUT2D eigenvalue weighted by Gasteiger charge is -2.25. The number of methoxy groups -OCH3 is 2. The SMILES string of the molecule is COCC(=O)N1CCCC1c1nc(N)ncc1-c1ccc(OC)cc1. The number of ether oxygens (including phenoxy) is 2. The number of carbonyl (C=O) groups is 1. The van der Waals surface area contributed by atoms with Gasteiger partial charge in [0.1, 0.15) is 12.4 Å². The molecule has 1 atom stereocenters. The Morgan fingerprint density at radius 1 is 1.32 bits per heavy atom. The summed E-state index contributed by atoms with van der Waals surface area (Å²) >= 11 is 0. The third-order valence-corrected chi connectivity index (χ3v) is 4.39. The van der Waals surface area contributed by atoms with Crippen molar-refractivity contribution in [2.24, 2.45) is 0 Å². The minimum atomic E-state index is -0.120. The highest BCUT2D eigenvalue weighted by Crippen LogP contribution is 2.37. The summed E-state index contributed by atoms with van der Waals surface area (Å²) in [5.41, 5.74) is 8.44. The minimum Gasteiger partial charge on any atom is -0.497 e. The average Bonchev–Trinajstić information content (AvgIpc) is 3.12. The zero-order chi connectivity index (χ0) is 17.8. The number of aromatic nitrogens is 2. The number of carbonyl (C=O) groups excluding carboxylic acids is 1. The van der Waals surface area contributed by atoms with Crippen LogP contribution < -0.4 is 10.5 Å². The van der Waals surface area contributed by atoms with Gasteiger partial charge in [-0.25, -0.2) is 9.97 Å². The maximum atomic E-state index is 12.4. The van der Waals surface area contributed by atoms with Crippen LogP contribution in [-0.2, 0) is 9.53 Å². The fourth-order valence-corrected chi connectivity index (χ4v) is 3.21. The van der Waals surface area contributed by atoms with Crippen LogP contribution in [0.3, 0.4) is 0 Å². The van der Waals surface area contributed by atoms with E-state index in [4.69, 9.17) is 15.2 Å². The molecule has 0 bridgehead atoms. The normalized spacial score (nSPS) is 16.9. The van der Waals surface area contributed by atoms with Crippen molar-refractivity contribution in [3.8, 4) is 16.9 Å². The van der Waals surface area contributed by atoms with Crippen LogP contribution in [0, 0.1) is 0 Å². The number of nitrogens with two attached hydrogens (primary N) is 1. The van der Waals surface area contributed by atoms with Crippen LogP contribution in [0.2, 0.25) is 0 Å². The second-order valence-corrected chi connectivity index (χ2v) is 5.93. The largest absolute Gasteiger partial charge is 0.497 e. The molecule has 3 rings (SSSR count). The molecule has 2 aromatic rings. The third-order valence-electron chi connectivity index (χ3n) is 4.39. The van der Waals surface area contributed by atoms with Crippen LogP contribution in [0.5, 0.6) is 5.75 Å². The molecule has 1 aromatic carbocycles. The van der Waals surface area contributed by atoms with Crippen LogP contribution >= 0.6 is 0 Å². The standard InChI is InChI=1S/C18H22N4O3/c1-24-11-16(23)22-9-3-4-15(22)17-14(10-20-18(19)21-17)12-5-7-13(25-2)8-6-12/h5-8,10,15H,3-4,9,11H2,1-2H3,(H2,19,20,21). The van der Waals surface area contributed by atoms with Crippen LogP contribution in [-0.4, -0.2) is 48.1 Å². The van der Waals surface area contributed by atoms with Gasteiger partial charge in [-0.15, -0.1) is 0 Å². The van der Waals surface area contributed by atoms with Gasteiger partial charge < -0.3 is 20.1 Å². The van der Waals surface area contributed by atoms with Gasteiger partial charge in [0.15, 0.2) is 0 Å². The molecule has 1 amide bonds. The fraction of sp³-hybridized carbons (Fsp3) is 0.389. The number of benzene rings is 1. The van der Waals surface area contributed by atoms with Gasteiger partial charge in [0.05, 0.1) is 18.8 Å². The first-order valence-corrected chi connectivity index (χ1v) is 8.19. The Morgan fingerprint density at radius 2 is 2.08 bits per heavy atom. The lowest BCUT2D eigenvalue weighted by Crippen LogP contribution is -2.34. The van der Waals surface area contributed by atoms with Crippen molar-refractivity contribution in [2.45, 2.75) is 18.9 Å². The zero-order valence-electron chi connectivity index (χ0n) is 14.4. The van der Waals surface area contributed by atoms with Crippen LogP contribution in [0.25, 0.3) is 11.1 Å². The first-order chi connectivity index (χ1) is 12.1. The fourth-order valence-electron chi connectivity index (χ4n) is 3.21. The molecule has 1 aliphatic rings. The second kappa shape index (κ2) is 7.48. The molecule has 0 radical (unpaired) electrons. The van der Waals surface area contributed by atoms with Gasteiger partial charge >= 0.3 is 0 Å². The molecule has 1 unspecified atom stereocenters. The second-order valence-electron chi connectivity index (χ2n) is 5.93. The summed E-state index contributed by atoms with van der Waals surface area (Å²) in [6, 6.07) is 7.56. The molecule has 132 valence electrons. The maximum absolute atomic E-state index is 12.4. The van der Waals surface area contributed by atoms with E-state index in [1.807, 2.05) is 29.2 Å². The molecule has 25 heavy (non-hydrogen) atoms. The summed E-state index contributed by atoms with van der Waals surface area (Å²) < 4.78 is 10.2. The van der Waals surface area contributed by atoms with E-state index in [0.29, 0.717) is 6.54 Å². The Kier molecular flexibility index (Phi) is 5.14. The molecule has 1 saturated heterocycles. The van der Waals surface area contributed by atoms with Crippen molar-refractivity contribution in [1.29, 1.82) is 0 Å². The topological polar surface area (TPSA) is 90.6 Å². The number of amides is 1. The van der Waals surface area contributed by atoms with Crippen LogP contribution in [0.1, 0.15) is 24.6 Å². The Bertz CT molecular complexity index is 748. The number of hydrogen-bond acceptors (Lipinski definition) is 6. The minimum absolute atomic E-state index is 0.0390. The first kappa shape index (κ1) is 17.2. The van der Waals surface area contributed by atoms with E-state index >= 15 is 0 Å². The Balaban J connectivity index is 2.00. The van der Waals surface area contributed by atoms with E-state index < -0.39 is 0 Å². The van der Waals surface area contributed by atoms with Crippen LogP contribution in [0.4, 0.5) is 5.95 Å². The zero-order valence-corrected chi connectivity index (χ0v) is 14.4. The van der Waals surface area contributed by atoms with E-state index in [2.05, 4.69) is 9.97 Å². The van der Waals surface area contributed by atoms with Gasteiger partial charge in [0, 0.05) is 25.4 Å². The smallest absolute Gasteiger partial charge is 0.249 e. The van der Waals surface area contributed by atoms with Crippen molar-refractivity contribution in [3.05, 3.63) is 36.2 Å². The molecular weight excluding hydrogens is 320 g/mol. The predicted octanol–water partition coefficient (Wildman–Crippen LogP) is 2.04. The van der Waals surface area contributed by atoms with Crippen molar-refractivity contribution < 1.29 is 14.3 Å². The number of rotatable bonds is 5. The molecule has 2 heterocycles. The van der Waals surface area contributed by atoms with E-state index in [1.165, 1.54) is 7.11 Å². The third kappa shape index (κ3) is 3.56. The van der Waals surface area contributed by atoms with E-state index in [9.17, 15) is 4.79 Å². The van der Waals surface area contributed by atoms with Gasteiger partial charge in [-0.3, -0.25) is 4.79 Å². The summed E-state index contributed by atoms with van der Waals surface area (Å²) in [5.74, 6) is 0.945. The van der Waals surface area contributed by atoms with E-state index in [1.54, 1.807) is 13.3 Å². The van der Waals surface area contributed by atoms with Gasteiger partial charge in [-0.2, -0.15) is 0 Å². The first-order valence-electron chi connectivity index (χ1n) is 8.19. The Labute approximate surface area is 146 Å². The molecule has 1 aliphatic heterocycles. The highest BCUT2D eigenvalue weighted by atomic mass is 16.5. The molecule has 0 saturated carbocycles. The molecule has 1 fully saturated rings. The molecular formula is C18H22N4O3. The van der Waals surface area contributed by atoms with E-state index in [-0.39, 0.29) is 24.5 Å². The summed E-state index contributed by atoms with van der Waals surface area (Å²) in [6.45, 7) is 0.758. The maximum Gasteiger partial charge on any atom is 0.249 e. The average molecular weight is 342 g/mol. The van der Waals surface area contributed by atoms with Crippen molar-refractivity contribution in [2.75, 3.05) is 33.1 Å². The monoisotopic (exact) mass is 342 g/mol. The number of likely N-dealkylation sites (tertiary alicyclic amines) is 1. The highest BCUT2D eigenvalue weighted by molar-refractivity contribution is 5.79. The van der Waals surface area contributed by atoms with Gasteiger partial charge in [-0.1, -0.05) is 12.1 Å². The van der Waals surface area contributed by atoms with Gasteiger partial charge in [0.25, 0.3) is 0 Å². The predicted molar refractivity (Wildman–Crippen MR) is 94.0 cm³/mol. The van der Waals surface area contributed by atoms with Crippen molar-refractivity contribution >= 4 is 11.9 Å². The molecule has 2 N–H and O–H groups in total. The molecule has 7 nitrogen and oxygen atoms in total. The molecule has 1 aromatic heterocycles. The molecule has 0 spiro atoms. The Morgan fingerprint density at radius 3 is 2.76 bits per heavy atom. The summed E-state index contributed by atoms with van der Waals surface area (Å²) in [6.07, 6.45) is 3.48. The number of anilines is 1. The summed E-state index contributed by atoms with van der Waals surface area (Å²) in [4.78, 5) is 22.8. The lowest BCUT2D eigenvalue weighted by molar-refractivity contribution is -0.136. The van der Waals surface area contributed by atoms with Crippen molar-refractivity contribution in [1.82, 2.24) is 14.9 Å². The number of nitrogens with zero attached hydrogens (tertiary/aromatic N) is 3. The lowest BCUT2D eigenvalue weighted by atomic mass is 9.99. The van der Waals surface area contributed by atoms with Gasteiger partial charge in [-0.05, 0) is 30.5 Å². The molecule has 7 heteroatoms. The number of hydrogen-bond donors (Lipinski definition) is 1. The molecule has 0 aliphatic carbocycles. The summed E-state index contributed by atoms with van der Waals surface area (Å²) in [5, 5.41) is 0. The quantitative estimate of drug-likeness (QED) is 0.894. The van der Waals surface area contributed by atoms with E-state index in [0.717, 1.165) is 35.4 Å². The summed E-state index contributed by atoms with van der Waals surface area (Å²) in [7, 11) is 3.15. The van der Waals surface area contributed by atoms with Gasteiger partial charge in [0.2, 0.25) is 11.9 Å². The highest BCUT2D eigenvalue weighted by Gasteiger charge is 2.32.